The number of nitrogen functional groups attached to an aromatic ring is 1. The third kappa shape index (κ3) is 3.94. The third-order valence-electron chi connectivity index (χ3n) is 3.35. The molecule has 20 heavy (non-hydrogen) atoms. The molecule has 0 heterocycles. The quantitative estimate of drug-likeness (QED) is 0.533. The number of sulfonamides is 1. The van der Waals surface area contributed by atoms with Crippen molar-refractivity contribution in [2.45, 2.75) is 57.9 Å². The number of aryl methyl sites for hydroxylation is 2. The maximum Gasteiger partial charge on any atom is 0.241 e. The van der Waals surface area contributed by atoms with Gasteiger partial charge in [0.2, 0.25) is 10.0 Å². The van der Waals surface area contributed by atoms with E-state index in [1.807, 2.05) is 6.92 Å². The fraction of sp³-hybridized carbons (Fsp3) is 0.571. The van der Waals surface area contributed by atoms with Crippen molar-refractivity contribution in [3.8, 4) is 0 Å². The normalized spacial score (nSPS) is 13.2. The van der Waals surface area contributed by atoms with E-state index in [0.29, 0.717) is 21.7 Å². The summed E-state index contributed by atoms with van der Waals surface area (Å²) in [5.74, 6) is 5.37. The van der Waals surface area contributed by atoms with Crippen molar-refractivity contribution in [2.24, 2.45) is 5.84 Å². The summed E-state index contributed by atoms with van der Waals surface area (Å²) in [5, 5.41) is 0. The fourth-order valence-corrected chi connectivity index (χ4v) is 4.24. The molecule has 0 saturated carbocycles. The highest BCUT2D eigenvalue weighted by Crippen LogP contribution is 2.24. The Balaban J connectivity index is 3.15. The molecule has 1 rings (SSSR count). The highest BCUT2D eigenvalue weighted by molar-refractivity contribution is 7.89. The van der Waals surface area contributed by atoms with Gasteiger partial charge in [0.15, 0.2) is 0 Å². The predicted octanol–water partition coefficient (Wildman–Crippen LogP) is 2.45. The van der Waals surface area contributed by atoms with Crippen LogP contribution >= 0.6 is 0 Å². The topological polar surface area (TPSA) is 84.2 Å². The summed E-state index contributed by atoms with van der Waals surface area (Å²) in [6.45, 7) is 7.60. The maximum absolute atomic E-state index is 12.6. The second-order valence-corrected chi connectivity index (χ2v) is 6.75. The van der Waals surface area contributed by atoms with Crippen LogP contribution in [0.4, 0.5) is 5.69 Å². The summed E-state index contributed by atoms with van der Waals surface area (Å²) in [6.07, 6.45) is 2.58. The molecule has 1 aromatic carbocycles. The lowest BCUT2D eigenvalue weighted by Gasteiger charge is -2.19. The molecule has 0 fully saturated rings. The zero-order chi connectivity index (χ0) is 15.3. The Bertz CT molecular complexity index is 533. The molecule has 5 nitrogen and oxygen atoms in total. The standard InChI is InChI=1S/C14H25N3O2S/c1-5-7-12(6-2)17-20(18,19)14-10(3)8-13(16-15)9-11(14)4/h8-9,12,16-17H,5-7,15H2,1-4H3. The van der Waals surface area contributed by atoms with Crippen LogP contribution in [0, 0.1) is 13.8 Å². The van der Waals surface area contributed by atoms with Crippen molar-refractivity contribution >= 4 is 15.7 Å². The van der Waals surface area contributed by atoms with Gasteiger partial charge < -0.3 is 5.43 Å². The summed E-state index contributed by atoms with van der Waals surface area (Å²) in [7, 11) is -3.50. The first-order valence-corrected chi connectivity index (χ1v) is 8.44. The predicted molar refractivity (Wildman–Crippen MR) is 83.0 cm³/mol. The molecule has 1 aromatic rings. The second-order valence-electron chi connectivity index (χ2n) is 5.10. The van der Waals surface area contributed by atoms with Crippen LogP contribution in [0.1, 0.15) is 44.2 Å². The second kappa shape index (κ2) is 7.06. The van der Waals surface area contributed by atoms with Gasteiger partial charge in [-0.05, 0) is 49.9 Å². The summed E-state index contributed by atoms with van der Waals surface area (Å²) in [4.78, 5) is 0.353. The van der Waals surface area contributed by atoms with E-state index in [1.165, 1.54) is 0 Å². The van der Waals surface area contributed by atoms with Crippen LogP contribution in [0.2, 0.25) is 0 Å². The van der Waals surface area contributed by atoms with E-state index in [1.54, 1.807) is 26.0 Å². The van der Waals surface area contributed by atoms with E-state index < -0.39 is 10.0 Å². The van der Waals surface area contributed by atoms with Crippen LogP contribution in [-0.2, 0) is 10.0 Å². The minimum Gasteiger partial charge on any atom is -0.324 e. The molecule has 0 amide bonds. The fourth-order valence-electron chi connectivity index (χ4n) is 2.43. The lowest BCUT2D eigenvalue weighted by atomic mass is 10.1. The van der Waals surface area contributed by atoms with Crippen LogP contribution in [0.15, 0.2) is 17.0 Å². The number of nitrogens with two attached hydrogens (primary N) is 1. The number of anilines is 1. The van der Waals surface area contributed by atoms with Crippen molar-refractivity contribution in [3.63, 3.8) is 0 Å². The Morgan fingerprint density at radius 2 is 1.75 bits per heavy atom. The number of nitrogens with one attached hydrogen (secondary N) is 2. The third-order valence-corrected chi connectivity index (χ3v) is 5.17. The zero-order valence-electron chi connectivity index (χ0n) is 12.7. The van der Waals surface area contributed by atoms with E-state index in [2.05, 4.69) is 17.1 Å². The number of benzene rings is 1. The van der Waals surface area contributed by atoms with Crippen LogP contribution in [-0.4, -0.2) is 14.5 Å². The number of hydrogen-bond donors (Lipinski definition) is 3. The van der Waals surface area contributed by atoms with Gasteiger partial charge in [-0.3, -0.25) is 5.84 Å². The lowest BCUT2D eigenvalue weighted by molar-refractivity contribution is 0.512. The number of hydrogen-bond acceptors (Lipinski definition) is 4. The molecule has 0 saturated heterocycles. The number of hydrazine groups is 1. The van der Waals surface area contributed by atoms with Crippen molar-refractivity contribution in [3.05, 3.63) is 23.3 Å². The van der Waals surface area contributed by atoms with Crippen LogP contribution < -0.4 is 16.0 Å². The van der Waals surface area contributed by atoms with Crippen molar-refractivity contribution in [1.82, 2.24) is 4.72 Å². The van der Waals surface area contributed by atoms with Gasteiger partial charge in [0.25, 0.3) is 0 Å². The first kappa shape index (κ1) is 16.9. The molecule has 1 unspecified atom stereocenters. The average Bonchev–Trinajstić information content (AvgIpc) is 2.36. The molecule has 0 aliphatic heterocycles. The van der Waals surface area contributed by atoms with Crippen molar-refractivity contribution in [1.29, 1.82) is 0 Å². The molecule has 0 aliphatic rings. The molecule has 0 bridgehead atoms. The van der Waals surface area contributed by atoms with Gasteiger partial charge in [-0.25, -0.2) is 13.1 Å². The van der Waals surface area contributed by atoms with E-state index in [0.717, 1.165) is 19.3 Å². The molecule has 1 atom stereocenters. The van der Waals surface area contributed by atoms with Crippen LogP contribution in [0.3, 0.4) is 0 Å². The Morgan fingerprint density at radius 1 is 1.20 bits per heavy atom. The molecule has 0 spiro atoms. The smallest absolute Gasteiger partial charge is 0.241 e. The molecule has 0 radical (unpaired) electrons. The minimum atomic E-state index is -3.50. The van der Waals surface area contributed by atoms with Gasteiger partial charge in [0, 0.05) is 11.7 Å². The monoisotopic (exact) mass is 299 g/mol. The largest absolute Gasteiger partial charge is 0.324 e. The lowest BCUT2D eigenvalue weighted by Crippen LogP contribution is -2.35. The van der Waals surface area contributed by atoms with Crippen LogP contribution in [0.5, 0.6) is 0 Å². The van der Waals surface area contributed by atoms with E-state index in [-0.39, 0.29) is 6.04 Å². The molecule has 4 N–H and O–H groups in total. The van der Waals surface area contributed by atoms with Gasteiger partial charge >= 0.3 is 0 Å². The summed E-state index contributed by atoms with van der Waals surface area (Å²) < 4.78 is 27.9. The maximum atomic E-state index is 12.6. The number of rotatable bonds is 7. The van der Waals surface area contributed by atoms with E-state index in [4.69, 9.17) is 5.84 Å². The van der Waals surface area contributed by atoms with Gasteiger partial charge in [-0.2, -0.15) is 0 Å². The summed E-state index contributed by atoms with van der Waals surface area (Å²) >= 11 is 0. The molecule has 0 aliphatic carbocycles. The summed E-state index contributed by atoms with van der Waals surface area (Å²) in [5.41, 5.74) is 4.64. The Morgan fingerprint density at radius 3 is 2.15 bits per heavy atom. The molecular weight excluding hydrogens is 274 g/mol. The van der Waals surface area contributed by atoms with E-state index >= 15 is 0 Å². The van der Waals surface area contributed by atoms with Gasteiger partial charge in [-0.15, -0.1) is 0 Å². The minimum absolute atomic E-state index is 0.0175. The van der Waals surface area contributed by atoms with Gasteiger partial charge in [-0.1, -0.05) is 20.3 Å². The van der Waals surface area contributed by atoms with Crippen LogP contribution in [0.25, 0.3) is 0 Å². The van der Waals surface area contributed by atoms with Crippen molar-refractivity contribution < 1.29 is 8.42 Å². The Kier molecular flexibility index (Phi) is 5.98. The zero-order valence-corrected chi connectivity index (χ0v) is 13.5. The SMILES string of the molecule is CCCC(CC)NS(=O)(=O)c1c(C)cc(NN)cc1C. The van der Waals surface area contributed by atoms with Gasteiger partial charge in [0.1, 0.15) is 0 Å². The molecule has 0 aromatic heterocycles. The highest BCUT2D eigenvalue weighted by Gasteiger charge is 2.22. The first-order chi connectivity index (χ1) is 9.35. The Hall–Kier alpha value is -1.11. The molecular formula is C14H25N3O2S. The molecule has 6 heteroatoms. The molecule has 114 valence electrons. The Labute approximate surface area is 122 Å². The highest BCUT2D eigenvalue weighted by atomic mass is 32.2. The van der Waals surface area contributed by atoms with Crippen molar-refractivity contribution in [2.75, 3.05) is 5.43 Å². The first-order valence-electron chi connectivity index (χ1n) is 6.95. The summed E-state index contributed by atoms with van der Waals surface area (Å²) in [6, 6.07) is 3.46. The van der Waals surface area contributed by atoms with E-state index in [9.17, 15) is 8.42 Å². The van der Waals surface area contributed by atoms with Gasteiger partial charge in [0.05, 0.1) is 4.90 Å². The average molecular weight is 299 g/mol.